The Morgan fingerprint density at radius 2 is 1.79 bits per heavy atom. The van der Waals surface area contributed by atoms with E-state index < -0.39 is 11.8 Å². The van der Waals surface area contributed by atoms with Crippen LogP contribution in [0.15, 0.2) is 79.0 Å². The largest absolute Gasteiger partial charge is 0.448 e. The van der Waals surface area contributed by atoms with Gasteiger partial charge >= 0.3 is 6.09 Å². The van der Waals surface area contributed by atoms with Crippen LogP contribution in [-0.4, -0.2) is 58.2 Å². The number of carbonyl (C=O) groups excluding carboxylic acids is 2. The molecule has 2 unspecified atom stereocenters. The van der Waals surface area contributed by atoms with E-state index >= 15 is 0 Å². The number of fused-ring (bicyclic) bond motifs is 2. The van der Waals surface area contributed by atoms with Crippen molar-refractivity contribution in [3.05, 3.63) is 107 Å². The van der Waals surface area contributed by atoms with Gasteiger partial charge in [0.05, 0.1) is 5.92 Å². The fourth-order valence-electron chi connectivity index (χ4n) is 5.79. The highest BCUT2D eigenvalue weighted by Gasteiger charge is 2.32. The van der Waals surface area contributed by atoms with Gasteiger partial charge in [-0.15, -0.1) is 0 Å². The van der Waals surface area contributed by atoms with Crippen molar-refractivity contribution < 1.29 is 19.5 Å². The number of para-hydroxylation sites is 1. The minimum Gasteiger partial charge on any atom is -0.448 e. The number of nitrogens with zero attached hydrogens (tertiary/aromatic N) is 2. The number of nitrogens with one attached hydrogen (secondary N) is 2. The first-order valence-electron chi connectivity index (χ1n) is 14.4. The van der Waals surface area contributed by atoms with Gasteiger partial charge in [-0.05, 0) is 46.7 Å². The summed E-state index contributed by atoms with van der Waals surface area (Å²) < 4.78 is 5.76. The molecular formula is C34H34N4O4. The normalized spacial score (nSPS) is 17.2. The Labute approximate surface area is 245 Å². The van der Waals surface area contributed by atoms with Crippen LogP contribution in [0.2, 0.25) is 0 Å². The maximum atomic E-state index is 12.9. The first kappa shape index (κ1) is 27.6. The predicted molar refractivity (Wildman–Crippen MR) is 160 cm³/mol. The number of hydrogen-bond donors (Lipinski definition) is 3. The van der Waals surface area contributed by atoms with Gasteiger partial charge in [0, 0.05) is 49.8 Å². The molecular weight excluding hydrogens is 528 g/mol. The summed E-state index contributed by atoms with van der Waals surface area (Å²) in [4.78, 5) is 32.2. The lowest BCUT2D eigenvalue weighted by Crippen LogP contribution is -2.38. The molecule has 2 amide bonds. The lowest BCUT2D eigenvalue weighted by Gasteiger charge is -2.29. The fraction of sp³-hybridized carbons (Fsp3) is 0.294. The minimum atomic E-state index is -0.531. The van der Waals surface area contributed by atoms with E-state index in [4.69, 9.17) is 9.94 Å². The molecule has 2 atom stereocenters. The van der Waals surface area contributed by atoms with Crippen molar-refractivity contribution in [2.75, 3.05) is 26.2 Å². The van der Waals surface area contributed by atoms with E-state index in [0.717, 1.165) is 36.0 Å². The van der Waals surface area contributed by atoms with Crippen LogP contribution in [0.3, 0.4) is 0 Å². The topological polar surface area (TPSA) is 97.9 Å². The molecule has 0 radical (unpaired) electrons. The zero-order valence-electron chi connectivity index (χ0n) is 23.4. The Balaban J connectivity index is 1.09. The molecule has 4 aromatic rings. The van der Waals surface area contributed by atoms with Crippen LogP contribution in [0.5, 0.6) is 0 Å². The summed E-state index contributed by atoms with van der Waals surface area (Å²) in [6.45, 7) is 3.64. The molecule has 0 spiro atoms. The molecule has 1 aromatic heterocycles. The monoisotopic (exact) mass is 562 g/mol. The van der Waals surface area contributed by atoms with Crippen LogP contribution in [0, 0.1) is 17.8 Å². The number of rotatable bonds is 10. The van der Waals surface area contributed by atoms with Crippen LogP contribution < -0.4 is 5.48 Å². The molecule has 2 heterocycles. The third-order valence-corrected chi connectivity index (χ3v) is 8.26. The van der Waals surface area contributed by atoms with Gasteiger partial charge in [0.2, 0.25) is 0 Å². The number of hydrogen-bond acceptors (Lipinski definition) is 5. The van der Waals surface area contributed by atoms with E-state index in [1.807, 2.05) is 30.3 Å². The van der Waals surface area contributed by atoms with E-state index in [-0.39, 0.29) is 12.0 Å². The zero-order chi connectivity index (χ0) is 28.9. The van der Waals surface area contributed by atoms with Crippen molar-refractivity contribution in [2.45, 2.75) is 31.8 Å². The van der Waals surface area contributed by atoms with Gasteiger partial charge < -0.3 is 14.6 Å². The van der Waals surface area contributed by atoms with Gasteiger partial charge in [-0.3, -0.25) is 14.9 Å². The number of hydroxylamine groups is 1. The van der Waals surface area contributed by atoms with Gasteiger partial charge in [0.15, 0.2) is 0 Å². The number of H-pyrrole nitrogens is 1. The summed E-state index contributed by atoms with van der Waals surface area (Å²) in [5.41, 5.74) is 8.63. The first-order chi connectivity index (χ1) is 20.6. The molecule has 1 aliphatic heterocycles. The van der Waals surface area contributed by atoms with Gasteiger partial charge in [-0.25, -0.2) is 10.3 Å². The molecule has 8 nitrogen and oxygen atoms in total. The standard InChI is InChI=1S/C34H34N4O4/c39-33(36-41)31-14-13-29(31)26-11-9-24(10-12-26)22-37(17-15-27-21-35-32-8-4-3-7-30(27)32)19-20-42-34(40)38-18-16-25-5-1-2-6-28(25)23-38/h1-12,21,29,31,35,41H,15-20,22-23H2,(H,36,39). The Hall–Kier alpha value is -4.58. The van der Waals surface area contributed by atoms with Gasteiger partial charge in [0.25, 0.3) is 5.91 Å². The zero-order valence-corrected chi connectivity index (χ0v) is 23.4. The van der Waals surface area contributed by atoms with E-state index in [2.05, 4.69) is 70.4 Å². The molecule has 3 N–H and O–H groups in total. The molecule has 42 heavy (non-hydrogen) atoms. The number of benzene rings is 3. The lowest BCUT2D eigenvalue weighted by atomic mass is 9.79. The first-order valence-corrected chi connectivity index (χ1v) is 14.4. The highest BCUT2D eigenvalue weighted by atomic mass is 16.6. The average molecular weight is 563 g/mol. The van der Waals surface area contributed by atoms with Crippen LogP contribution in [0.1, 0.15) is 33.7 Å². The van der Waals surface area contributed by atoms with E-state index in [9.17, 15) is 9.59 Å². The molecule has 0 bridgehead atoms. The van der Waals surface area contributed by atoms with Crippen molar-refractivity contribution in [1.29, 1.82) is 0 Å². The minimum absolute atomic E-state index is 0.217. The van der Waals surface area contributed by atoms with E-state index in [1.54, 1.807) is 10.4 Å². The smallest absolute Gasteiger partial charge is 0.410 e. The van der Waals surface area contributed by atoms with Crippen molar-refractivity contribution in [2.24, 2.45) is 5.92 Å². The van der Waals surface area contributed by atoms with Crippen LogP contribution in [-0.2, 0) is 35.5 Å². The molecule has 0 saturated carbocycles. The van der Waals surface area contributed by atoms with Crippen molar-refractivity contribution in [1.82, 2.24) is 20.3 Å². The Bertz CT molecular complexity index is 1630. The summed E-state index contributed by atoms with van der Waals surface area (Å²) in [6, 6.07) is 24.7. The summed E-state index contributed by atoms with van der Waals surface area (Å²) in [7, 11) is 0. The van der Waals surface area contributed by atoms with Crippen LogP contribution >= 0.6 is 0 Å². The number of aromatic amines is 1. The van der Waals surface area contributed by atoms with Crippen molar-refractivity contribution in [3.8, 4) is 11.8 Å². The van der Waals surface area contributed by atoms with Gasteiger partial charge in [-0.1, -0.05) is 78.6 Å². The molecule has 0 fully saturated rings. The quantitative estimate of drug-likeness (QED) is 0.149. The number of amides is 2. The van der Waals surface area contributed by atoms with Crippen LogP contribution in [0.4, 0.5) is 4.79 Å². The summed E-state index contributed by atoms with van der Waals surface area (Å²) in [5.74, 6) is 4.61. The highest BCUT2D eigenvalue weighted by Crippen LogP contribution is 2.30. The molecule has 214 valence electrons. The second-order valence-corrected chi connectivity index (χ2v) is 10.9. The third-order valence-electron chi connectivity index (χ3n) is 8.26. The highest BCUT2D eigenvalue weighted by molar-refractivity contribution is 5.84. The fourth-order valence-corrected chi connectivity index (χ4v) is 5.79. The van der Waals surface area contributed by atoms with E-state index in [1.165, 1.54) is 22.1 Å². The summed E-state index contributed by atoms with van der Waals surface area (Å²) in [6.07, 6.45) is 3.50. The molecule has 0 saturated heterocycles. The summed E-state index contributed by atoms with van der Waals surface area (Å²) in [5, 5.41) is 10.2. The second kappa shape index (κ2) is 12.5. The van der Waals surface area contributed by atoms with E-state index in [0.29, 0.717) is 32.8 Å². The predicted octanol–water partition coefficient (Wildman–Crippen LogP) is 4.63. The molecule has 1 aliphatic carbocycles. The number of carbonyl (C=O) groups is 2. The molecule has 6 rings (SSSR count). The number of aromatic nitrogens is 1. The SMILES string of the molecule is O=C(NO)C1C#CC1c1ccc(CN(CCOC(=O)N2CCc3ccccc3C2)CCc2c[nH]c3ccccc23)cc1. The molecule has 3 aromatic carbocycles. The van der Waals surface area contributed by atoms with Crippen molar-refractivity contribution in [3.63, 3.8) is 0 Å². The number of ether oxygens (including phenoxy) is 1. The molecule has 8 heteroatoms. The third kappa shape index (κ3) is 6.03. The summed E-state index contributed by atoms with van der Waals surface area (Å²) >= 11 is 0. The second-order valence-electron chi connectivity index (χ2n) is 10.9. The Morgan fingerprint density at radius 3 is 2.57 bits per heavy atom. The van der Waals surface area contributed by atoms with Crippen LogP contribution in [0.25, 0.3) is 10.9 Å². The Kier molecular flexibility index (Phi) is 8.22. The van der Waals surface area contributed by atoms with Gasteiger partial charge in [0.1, 0.15) is 12.5 Å². The Morgan fingerprint density at radius 1 is 1.00 bits per heavy atom. The van der Waals surface area contributed by atoms with Crippen molar-refractivity contribution >= 4 is 22.9 Å². The maximum Gasteiger partial charge on any atom is 0.410 e. The maximum absolute atomic E-state index is 12.9. The molecule has 2 aliphatic rings. The average Bonchev–Trinajstić information content (AvgIpc) is 3.42. The lowest BCUT2D eigenvalue weighted by molar-refractivity contribution is -0.132. The van der Waals surface area contributed by atoms with Gasteiger partial charge in [-0.2, -0.15) is 0 Å².